The zero-order valence-corrected chi connectivity index (χ0v) is 14.4. The normalized spacial score (nSPS) is 16.8. The Hall–Kier alpha value is -3.26. The molecule has 0 bridgehead atoms. The Labute approximate surface area is 153 Å². The number of carbonyl (C=O) groups is 1. The van der Waals surface area contributed by atoms with E-state index in [4.69, 9.17) is 9.84 Å². The minimum Gasteiger partial charge on any atom is -0.441 e. The van der Waals surface area contributed by atoms with Crippen LogP contribution in [-0.2, 0) is 4.74 Å². The van der Waals surface area contributed by atoms with Crippen molar-refractivity contribution in [3.63, 3.8) is 0 Å². The van der Waals surface area contributed by atoms with Gasteiger partial charge in [0, 0.05) is 5.56 Å². The van der Waals surface area contributed by atoms with Gasteiger partial charge in [0.25, 0.3) is 5.56 Å². The number of rotatable bonds is 3. The number of aryl methyl sites for hydroxylation is 1. The lowest BCUT2D eigenvalue weighted by Crippen LogP contribution is -2.25. The molecule has 138 valence electrons. The number of anilines is 1. The molecule has 1 saturated heterocycles. The molecule has 2 heterocycles. The van der Waals surface area contributed by atoms with Crippen molar-refractivity contribution in [2.45, 2.75) is 13.0 Å². The number of nitrogens with one attached hydrogen (secondary N) is 1. The van der Waals surface area contributed by atoms with Crippen molar-refractivity contribution in [2.24, 2.45) is 0 Å². The van der Waals surface area contributed by atoms with Crippen LogP contribution < -0.4 is 10.5 Å². The van der Waals surface area contributed by atoms with E-state index in [1.165, 1.54) is 11.0 Å². The molecule has 1 amide bonds. The van der Waals surface area contributed by atoms with Crippen LogP contribution in [0, 0.1) is 12.7 Å². The zero-order valence-electron chi connectivity index (χ0n) is 14.4. The molecule has 0 aliphatic carbocycles. The molecule has 8 heteroatoms. The number of aliphatic hydroxyl groups excluding tert-OH is 1. The Balaban J connectivity index is 1.72. The highest BCUT2D eigenvalue weighted by Crippen LogP contribution is 2.30. The molecule has 1 atom stereocenters. The van der Waals surface area contributed by atoms with Crippen LogP contribution >= 0.6 is 0 Å². The van der Waals surface area contributed by atoms with E-state index in [2.05, 4.69) is 9.97 Å². The fourth-order valence-corrected chi connectivity index (χ4v) is 3.16. The number of amides is 1. The van der Waals surface area contributed by atoms with Crippen molar-refractivity contribution in [2.75, 3.05) is 18.1 Å². The number of aliphatic hydroxyl groups is 1. The SMILES string of the molecule is Cc1nc2ccc(-c3ccc(N4C[C@H](CO)OC4=O)cc3F)cc2c(=O)[nH]1. The quantitative estimate of drug-likeness (QED) is 0.739. The van der Waals surface area contributed by atoms with E-state index >= 15 is 0 Å². The van der Waals surface area contributed by atoms with Crippen LogP contribution in [0.25, 0.3) is 22.0 Å². The summed E-state index contributed by atoms with van der Waals surface area (Å²) in [6.07, 6.45) is -1.25. The topological polar surface area (TPSA) is 95.5 Å². The Morgan fingerprint density at radius 1 is 1.30 bits per heavy atom. The molecule has 27 heavy (non-hydrogen) atoms. The van der Waals surface area contributed by atoms with Gasteiger partial charge in [-0.1, -0.05) is 6.07 Å². The molecule has 1 aliphatic heterocycles. The molecule has 4 rings (SSSR count). The van der Waals surface area contributed by atoms with Gasteiger partial charge in [-0.2, -0.15) is 0 Å². The maximum Gasteiger partial charge on any atom is 0.414 e. The van der Waals surface area contributed by atoms with Crippen molar-refractivity contribution < 1.29 is 19.0 Å². The maximum absolute atomic E-state index is 14.7. The smallest absolute Gasteiger partial charge is 0.414 e. The van der Waals surface area contributed by atoms with Gasteiger partial charge in [0.2, 0.25) is 0 Å². The first-order valence-corrected chi connectivity index (χ1v) is 8.36. The number of H-pyrrole nitrogens is 1. The van der Waals surface area contributed by atoms with Crippen LogP contribution in [0.2, 0.25) is 0 Å². The maximum atomic E-state index is 14.7. The summed E-state index contributed by atoms with van der Waals surface area (Å²) in [5, 5.41) is 9.48. The Morgan fingerprint density at radius 3 is 2.81 bits per heavy atom. The highest BCUT2D eigenvalue weighted by Gasteiger charge is 2.32. The lowest BCUT2D eigenvalue weighted by atomic mass is 10.0. The minimum absolute atomic E-state index is 0.157. The first kappa shape index (κ1) is 17.2. The Bertz CT molecular complexity index is 1110. The van der Waals surface area contributed by atoms with Gasteiger partial charge in [0.15, 0.2) is 0 Å². The van der Waals surface area contributed by atoms with Gasteiger partial charge in [-0.3, -0.25) is 9.69 Å². The van der Waals surface area contributed by atoms with Crippen molar-refractivity contribution in [3.8, 4) is 11.1 Å². The van der Waals surface area contributed by atoms with E-state index < -0.39 is 18.0 Å². The molecule has 0 spiro atoms. The third kappa shape index (κ3) is 3.04. The molecule has 1 fully saturated rings. The van der Waals surface area contributed by atoms with Gasteiger partial charge in [0.05, 0.1) is 29.7 Å². The molecule has 0 radical (unpaired) electrons. The highest BCUT2D eigenvalue weighted by molar-refractivity contribution is 5.90. The van der Waals surface area contributed by atoms with Crippen LogP contribution in [0.15, 0.2) is 41.2 Å². The van der Waals surface area contributed by atoms with Gasteiger partial charge in [-0.15, -0.1) is 0 Å². The molecule has 3 aromatic rings. The van der Waals surface area contributed by atoms with Crippen LogP contribution in [0.4, 0.5) is 14.9 Å². The summed E-state index contributed by atoms with van der Waals surface area (Å²) in [6, 6.07) is 9.33. The third-order valence-corrected chi connectivity index (χ3v) is 4.48. The summed E-state index contributed by atoms with van der Waals surface area (Å²) < 4.78 is 19.7. The molecule has 0 unspecified atom stereocenters. The van der Waals surface area contributed by atoms with Crippen molar-refractivity contribution in [1.82, 2.24) is 9.97 Å². The van der Waals surface area contributed by atoms with Gasteiger partial charge in [-0.05, 0) is 42.8 Å². The summed E-state index contributed by atoms with van der Waals surface area (Å²) in [5.41, 5.74) is 1.41. The first-order chi connectivity index (χ1) is 13.0. The van der Waals surface area contributed by atoms with E-state index in [1.807, 2.05) is 0 Å². The number of fused-ring (bicyclic) bond motifs is 1. The number of aromatic amines is 1. The molecule has 2 N–H and O–H groups in total. The van der Waals surface area contributed by atoms with Crippen molar-refractivity contribution in [1.29, 1.82) is 0 Å². The molecular weight excluding hydrogens is 353 g/mol. The number of hydrogen-bond donors (Lipinski definition) is 2. The highest BCUT2D eigenvalue weighted by atomic mass is 19.1. The average molecular weight is 369 g/mol. The third-order valence-electron chi connectivity index (χ3n) is 4.48. The second-order valence-electron chi connectivity index (χ2n) is 6.35. The lowest BCUT2D eigenvalue weighted by Gasteiger charge is -2.14. The molecular formula is C19H16FN3O4. The minimum atomic E-state index is -0.625. The number of hydrogen-bond acceptors (Lipinski definition) is 5. The van der Waals surface area contributed by atoms with Crippen molar-refractivity contribution in [3.05, 3.63) is 58.4 Å². The summed E-state index contributed by atoms with van der Waals surface area (Å²) in [7, 11) is 0. The van der Waals surface area contributed by atoms with Crippen LogP contribution in [-0.4, -0.2) is 40.4 Å². The first-order valence-electron chi connectivity index (χ1n) is 8.36. The molecule has 7 nitrogen and oxygen atoms in total. The predicted molar refractivity (Wildman–Crippen MR) is 97.2 cm³/mol. The number of aromatic nitrogens is 2. The number of ether oxygens (including phenoxy) is 1. The van der Waals surface area contributed by atoms with Gasteiger partial charge in [0.1, 0.15) is 17.7 Å². The summed E-state index contributed by atoms with van der Waals surface area (Å²) in [4.78, 5) is 32.1. The number of halogens is 1. The van der Waals surface area contributed by atoms with E-state index in [0.29, 0.717) is 33.5 Å². The second-order valence-corrected chi connectivity index (χ2v) is 6.35. The van der Waals surface area contributed by atoms with Gasteiger partial charge in [-0.25, -0.2) is 14.2 Å². The van der Waals surface area contributed by atoms with Crippen molar-refractivity contribution >= 4 is 22.7 Å². The molecule has 2 aromatic carbocycles. The van der Waals surface area contributed by atoms with E-state index in [0.717, 1.165) is 0 Å². The number of cyclic esters (lactones) is 1. The largest absolute Gasteiger partial charge is 0.441 e. The predicted octanol–water partition coefficient (Wildman–Crippen LogP) is 2.36. The Kier molecular flexibility index (Phi) is 4.12. The summed E-state index contributed by atoms with van der Waals surface area (Å²) in [5.74, 6) is -0.0296. The fraction of sp³-hybridized carbons (Fsp3) is 0.211. The number of carbonyl (C=O) groups excluding carboxylic acids is 1. The molecule has 1 aliphatic rings. The van der Waals surface area contributed by atoms with Crippen LogP contribution in [0.3, 0.4) is 0 Å². The van der Waals surface area contributed by atoms with Crippen LogP contribution in [0.5, 0.6) is 0 Å². The van der Waals surface area contributed by atoms with Gasteiger partial charge < -0.3 is 14.8 Å². The van der Waals surface area contributed by atoms with Gasteiger partial charge >= 0.3 is 6.09 Å². The number of nitrogens with zero attached hydrogens (tertiary/aromatic N) is 2. The summed E-state index contributed by atoms with van der Waals surface area (Å²) >= 11 is 0. The van der Waals surface area contributed by atoms with E-state index in [1.54, 1.807) is 37.3 Å². The van der Waals surface area contributed by atoms with E-state index in [-0.39, 0.29) is 18.7 Å². The summed E-state index contributed by atoms with van der Waals surface area (Å²) in [6.45, 7) is 1.56. The standard InChI is InChI=1S/C19H16FN3O4/c1-10-21-17-5-2-11(6-15(17)18(25)22-10)14-4-3-12(7-16(14)20)23-8-13(9-24)27-19(23)26/h2-7,13,24H,8-9H2,1H3,(H,21,22,25)/t13-/m1/s1. The van der Waals surface area contributed by atoms with E-state index in [9.17, 15) is 14.0 Å². The lowest BCUT2D eigenvalue weighted by molar-refractivity contribution is 0.0963. The molecule has 1 aromatic heterocycles. The zero-order chi connectivity index (χ0) is 19.1. The average Bonchev–Trinajstić information content (AvgIpc) is 3.02. The molecule has 0 saturated carbocycles. The monoisotopic (exact) mass is 369 g/mol. The number of benzene rings is 2. The fourth-order valence-electron chi connectivity index (χ4n) is 3.16. The Morgan fingerprint density at radius 2 is 2.11 bits per heavy atom. The second kappa shape index (κ2) is 6.48. The van der Waals surface area contributed by atoms with Crippen LogP contribution in [0.1, 0.15) is 5.82 Å².